The van der Waals surface area contributed by atoms with Gasteiger partial charge in [0.2, 0.25) is 5.95 Å². The molecule has 1 unspecified atom stereocenters. The zero-order chi connectivity index (χ0) is 19.3. The van der Waals surface area contributed by atoms with E-state index in [1.165, 1.54) is 17.0 Å². The van der Waals surface area contributed by atoms with E-state index in [1.54, 1.807) is 6.07 Å². The Labute approximate surface area is 163 Å². The third kappa shape index (κ3) is 2.59. The Hall–Kier alpha value is -3.15. The lowest BCUT2D eigenvalue weighted by Crippen LogP contribution is -2.36. The molecule has 0 amide bonds. The van der Waals surface area contributed by atoms with Gasteiger partial charge >= 0.3 is 0 Å². The first-order chi connectivity index (χ1) is 13.6. The molecule has 2 aromatic carbocycles. The summed E-state index contributed by atoms with van der Waals surface area (Å²) >= 11 is 0. The third-order valence-corrected chi connectivity index (χ3v) is 5.84. The average Bonchev–Trinajstić information content (AvgIpc) is 3.27. The second kappa shape index (κ2) is 6.48. The van der Waals surface area contributed by atoms with Gasteiger partial charge in [-0.25, -0.2) is 4.39 Å². The van der Waals surface area contributed by atoms with Crippen molar-refractivity contribution in [3.63, 3.8) is 0 Å². The van der Waals surface area contributed by atoms with Gasteiger partial charge < -0.3 is 9.47 Å². The molecule has 0 bridgehead atoms. The number of para-hydroxylation sites is 1. The number of hydrogen-bond donors (Lipinski definition) is 0. The van der Waals surface area contributed by atoms with Crippen molar-refractivity contribution >= 4 is 16.9 Å². The Bertz CT molecular complexity index is 1160. The molecule has 5 rings (SSSR count). The van der Waals surface area contributed by atoms with Gasteiger partial charge in [-0.3, -0.25) is 4.57 Å². The van der Waals surface area contributed by atoms with E-state index in [2.05, 4.69) is 44.1 Å². The summed E-state index contributed by atoms with van der Waals surface area (Å²) < 4.78 is 18.6. The zero-order valence-corrected chi connectivity index (χ0v) is 16.0. The molecule has 0 spiro atoms. The predicted molar refractivity (Wildman–Crippen MR) is 108 cm³/mol. The van der Waals surface area contributed by atoms with E-state index in [9.17, 15) is 4.39 Å². The van der Waals surface area contributed by atoms with Gasteiger partial charge in [0.05, 0.1) is 12.6 Å². The quantitative estimate of drug-likeness (QED) is 0.542. The second-order valence-electron chi connectivity index (χ2n) is 7.41. The molecule has 4 aromatic rings. The smallest absolute Gasteiger partial charge is 0.227 e. The van der Waals surface area contributed by atoms with Crippen molar-refractivity contribution in [1.29, 1.82) is 0 Å². The number of anilines is 1. The highest BCUT2D eigenvalue weighted by Gasteiger charge is 2.29. The molecule has 0 saturated carbocycles. The molecule has 2 aromatic heterocycles. The van der Waals surface area contributed by atoms with Crippen LogP contribution in [0.4, 0.5) is 10.3 Å². The van der Waals surface area contributed by atoms with Crippen LogP contribution in [0.1, 0.15) is 29.9 Å². The Balaban J connectivity index is 1.47. The predicted octanol–water partition coefficient (Wildman–Crippen LogP) is 4.08. The fourth-order valence-corrected chi connectivity index (χ4v) is 4.30. The minimum atomic E-state index is -0.143. The average molecular weight is 375 g/mol. The van der Waals surface area contributed by atoms with Crippen molar-refractivity contribution in [2.45, 2.75) is 25.9 Å². The number of benzene rings is 2. The van der Waals surface area contributed by atoms with Crippen molar-refractivity contribution in [1.82, 2.24) is 19.3 Å². The van der Waals surface area contributed by atoms with Crippen LogP contribution in [-0.4, -0.2) is 25.9 Å². The maximum Gasteiger partial charge on any atom is 0.227 e. The Kier molecular flexibility index (Phi) is 3.93. The number of aromatic nitrogens is 4. The normalized spacial score (nSPS) is 16.5. The number of fused-ring (bicyclic) bond motifs is 2. The summed E-state index contributed by atoms with van der Waals surface area (Å²) in [4.78, 5) is 2.15. The minimum absolute atomic E-state index is 0.0758. The molecule has 1 atom stereocenters. The van der Waals surface area contributed by atoms with E-state index < -0.39 is 0 Å². The maximum atomic E-state index is 14.4. The first kappa shape index (κ1) is 17.0. The molecule has 142 valence electrons. The van der Waals surface area contributed by atoms with Gasteiger partial charge in [-0.1, -0.05) is 30.3 Å². The molecule has 6 heteroatoms. The molecule has 3 heterocycles. The summed E-state index contributed by atoms with van der Waals surface area (Å²) in [6, 6.07) is 15.7. The van der Waals surface area contributed by atoms with Crippen LogP contribution in [0.2, 0.25) is 0 Å². The van der Waals surface area contributed by atoms with Gasteiger partial charge in [0.15, 0.2) is 5.82 Å². The lowest BCUT2D eigenvalue weighted by atomic mass is 9.93. The number of rotatable bonds is 3. The Morgan fingerprint density at radius 3 is 2.82 bits per heavy atom. The molecule has 0 fully saturated rings. The van der Waals surface area contributed by atoms with Crippen molar-refractivity contribution in [2.24, 2.45) is 7.05 Å². The van der Waals surface area contributed by atoms with Crippen molar-refractivity contribution < 1.29 is 4.39 Å². The van der Waals surface area contributed by atoms with Crippen molar-refractivity contribution in [3.8, 4) is 0 Å². The summed E-state index contributed by atoms with van der Waals surface area (Å²) in [5, 5.41) is 10.1. The lowest BCUT2D eigenvalue weighted by molar-refractivity contribution is 0.536. The van der Waals surface area contributed by atoms with Crippen LogP contribution in [0.3, 0.4) is 0 Å². The van der Waals surface area contributed by atoms with Crippen LogP contribution < -0.4 is 4.90 Å². The highest BCUT2D eigenvalue weighted by atomic mass is 19.1. The summed E-state index contributed by atoms with van der Waals surface area (Å²) in [6.07, 6.45) is 2.88. The van der Waals surface area contributed by atoms with E-state index >= 15 is 0 Å². The molecule has 1 aliphatic rings. The number of halogens is 1. The van der Waals surface area contributed by atoms with Gasteiger partial charge in [-0.15, -0.1) is 10.2 Å². The molecule has 5 nitrogen and oxygen atoms in total. The standard InChI is InChI=1S/C22H22FN5/c1-15-21-17(7-5-8-18(21)23)11-13-28(15)22-25-24-20(26(22)2)14-27-12-10-16-6-3-4-9-19(16)27/h3-10,12,15H,11,13-14H2,1-2H3. The van der Waals surface area contributed by atoms with Crippen LogP contribution in [-0.2, 0) is 20.0 Å². The van der Waals surface area contributed by atoms with Crippen LogP contribution in [0, 0.1) is 5.82 Å². The fraction of sp³-hybridized carbons (Fsp3) is 0.273. The summed E-state index contributed by atoms with van der Waals surface area (Å²) in [7, 11) is 1.99. The molecule has 0 saturated heterocycles. The van der Waals surface area contributed by atoms with Crippen LogP contribution in [0.25, 0.3) is 10.9 Å². The second-order valence-corrected chi connectivity index (χ2v) is 7.41. The van der Waals surface area contributed by atoms with Crippen LogP contribution in [0.15, 0.2) is 54.7 Å². The third-order valence-electron chi connectivity index (χ3n) is 5.84. The molecular formula is C22H22FN5. The zero-order valence-electron chi connectivity index (χ0n) is 16.0. The molecule has 1 aliphatic heterocycles. The Morgan fingerprint density at radius 2 is 1.93 bits per heavy atom. The molecule has 0 aliphatic carbocycles. The fourth-order valence-electron chi connectivity index (χ4n) is 4.30. The summed E-state index contributed by atoms with van der Waals surface area (Å²) in [5.41, 5.74) is 3.04. The van der Waals surface area contributed by atoms with Crippen molar-refractivity contribution in [2.75, 3.05) is 11.4 Å². The van der Waals surface area contributed by atoms with E-state index in [4.69, 9.17) is 0 Å². The first-order valence-electron chi connectivity index (χ1n) is 9.59. The van der Waals surface area contributed by atoms with E-state index in [-0.39, 0.29) is 11.9 Å². The van der Waals surface area contributed by atoms with E-state index in [0.717, 1.165) is 35.9 Å². The van der Waals surface area contributed by atoms with Crippen molar-refractivity contribution in [3.05, 3.63) is 77.5 Å². The largest absolute Gasteiger partial charge is 0.340 e. The summed E-state index contributed by atoms with van der Waals surface area (Å²) in [5.74, 6) is 1.52. The minimum Gasteiger partial charge on any atom is -0.340 e. The molecule has 0 radical (unpaired) electrons. The Morgan fingerprint density at radius 1 is 1.07 bits per heavy atom. The lowest BCUT2D eigenvalue weighted by Gasteiger charge is -2.35. The monoisotopic (exact) mass is 375 g/mol. The van der Waals surface area contributed by atoms with E-state index in [1.807, 2.05) is 36.7 Å². The van der Waals surface area contributed by atoms with Gasteiger partial charge in [0, 0.05) is 30.9 Å². The van der Waals surface area contributed by atoms with Gasteiger partial charge in [0.25, 0.3) is 0 Å². The first-order valence-corrected chi connectivity index (χ1v) is 9.59. The van der Waals surface area contributed by atoms with Gasteiger partial charge in [0.1, 0.15) is 5.82 Å². The SMILES string of the molecule is CC1c2c(F)cccc2CCN1c1nnc(Cn2ccc3ccccc32)n1C. The topological polar surface area (TPSA) is 38.9 Å². The van der Waals surface area contributed by atoms with Gasteiger partial charge in [-0.05, 0) is 42.5 Å². The number of hydrogen-bond acceptors (Lipinski definition) is 3. The van der Waals surface area contributed by atoms with Crippen LogP contribution >= 0.6 is 0 Å². The number of nitrogens with zero attached hydrogens (tertiary/aromatic N) is 5. The molecular weight excluding hydrogens is 353 g/mol. The maximum absolute atomic E-state index is 14.4. The summed E-state index contributed by atoms with van der Waals surface area (Å²) in [6.45, 7) is 3.48. The van der Waals surface area contributed by atoms with Gasteiger partial charge in [-0.2, -0.15) is 0 Å². The highest BCUT2D eigenvalue weighted by Crippen LogP contribution is 2.34. The van der Waals surface area contributed by atoms with Crippen LogP contribution in [0.5, 0.6) is 0 Å². The highest BCUT2D eigenvalue weighted by molar-refractivity contribution is 5.79. The van der Waals surface area contributed by atoms with E-state index in [0.29, 0.717) is 6.54 Å². The molecule has 28 heavy (non-hydrogen) atoms. The molecule has 0 N–H and O–H groups in total.